The number of nitrogens with one attached hydrogen (secondary N) is 2. The zero-order chi connectivity index (χ0) is 22.1. The van der Waals surface area contributed by atoms with Crippen LogP contribution in [0.25, 0.3) is 0 Å². The van der Waals surface area contributed by atoms with Gasteiger partial charge in [-0.1, -0.05) is 6.42 Å². The molecule has 3 heterocycles. The van der Waals surface area contributed by atoms with Crippen LogP contribution in [-0.2, 0) is 6.54 Å². The molecule has 3 rings (SSSR count). The van der Waals surface area contributed by atoms with Gasteiger partial charge < -0.3 is 19.8 Å². The largest absolute Gasteiger partial charge is 0.468 e. The minimum Gasteiger partial charge on any atom is -0.468 e. The van der Waals surface area contributed by atoms with Gasteiger partial charge in [0.1, 0.15) is 5.76 Å². The second-order valence-corrected chi connectivity index (χ2v) is 7.34. The van der Waals surface area contributed by atoms with E-state index in [2.05, 4.69) is 25.5 Å². The zero-order valence-electron chi connectivity index (χ0n) is 17.5. The molecule has 1 aliphatic rings. The Kier molecular flexibility index (Phi) is 8.16. The highest BCUT2D eigenvalue weighted by Gasteiger charge is 2.28. The van der Waals surface area contributed by atoms with Gasteiger partial charge in [-0.05, 0) is 49.7 Å². The molecule has 170 valence electrons. The first kappa shape index (κ1) is 22.9. The van der Waals surface area contributed by atoms with Gasteiger partial charge in [0.2, 0.25) is 5.88 Å². The smallest absolute Gasteiger partial charge is 0.422 e. The number of nitrogens with zero attached hydrogens (tertiary/aromatic N) is 3. The summed E-state index contributed by atoms with van der Waals surface area (Å²) in [6, 6.07) is 7.15. The van der Waals surface area contributed by atoms with E-state index in [1.54, 1.807) is 19.4 Å². The van der Waals surface area contributed by atoms with Gasteiger partial charge in [-0.3, -0.25) is 9.89 Å². The number of guanidine groups is 1. The van der Waals surface area contributed by atoms with Crippen molar-refractivity contribution in [2.24, 2.45) is 4.99 Å². The monoisotopic (exact) mass is 439 g/mol. The summed E-state index contributed by atoms with van der Waals surface area (Å²) >= 11 is 0. The summed E-state index contributed by atoms with van der Waals surface area (Å²) in [6.45, 7) is 1.65. The van der Waals surface area contributed by atoms with E-state index in [1.165, 1.54) is 31.5 Å². The van der Waals surface area contributed by atoms with Crippen molar-refractivity contribution >= 4 is 5.96 Å². The Morgan fingerprint density at radius 3 is 2.74 bits per heavy atom. The standard InChI is InChI=1S/C21H28F3N5O2/c1-25-20(27-13-16-7-8-26-19(12-16)31-15-21(22,23)24)28-14-17(18-6-5-11-30-18)29-9-3-2-4-10-29/h5-8,11-12,17H,2-4,9-10,13-15H2,1H3,(H2,25,27,28). The molecule has 2 aromatic heterocycles. The molecule has 0 saturated carbocycles. The number of aliphatic imine (C=N–C) groups is 1. The van der Waals surface area contributed by atoms with Gasteiger partial charge in [-0.2, -0.15) is 13.2 Å². The third-order valence-electron chi connectivity index (χ3n) is 5.03. The van der Waals surface area contributed by atoms with Crippen molar-refractivity contribution in [2.75, 3.05) is 33.3 Å². The maximum atomic E-state index is 12.3. The molecule has 2 aromatic rings. The third kappa shape index (κ3) is 7.46. The summed E-state index contributed by atoms with van der Waals surface area (Å²) in [5.41, 5.74) is 0.730. The lowest BCUT2D eigenvalue weighted by Gasteiger charge is -2.33. The molecule has 0 bridgehead atoms. The molecule has 1 fully saturated rings. The Hall–Kier alpha value is -2.75. The van der Waals surface area contributed by atoms with Crippen LogP contribution in [0.2, 0.25) is 0 Å². The van der Waals surface area contributed by atoms with Crippen LogP contribution in [0.15, 0.2) is 46.1 Å². The lowest BCUT2D eigenvalue weighted by molar-refractivity contribution is -0.154. The SMILES string of the molecule is CN=C(NCc1ccnc(OCC(F)(F)F)c1)NCC(c1ccco1)N1CCCCC1. The van der Waals surface area contributed by atoms with Crippen molar-refractivity contribution in [3.8, 4) is 5.88 Å². The highest BCUT2D eigenvalue weighted by Crippen LogP contribution is 2.24. The number of rotatable bonds is 8. The van der Waals surface area contributed by atoms with Crippen molar-refractivity contribution in [2.45, 2.75) is 38.0 Å². The Morgan fingerprint density at radius 2 is 2.06 bits per heavy atom. The minimum atomic E-state index is -4.40. The van der Waals surface area contributed by atoms with E-state index in [0.29, 0.717) is 19.0 Å². The Morgan fingerprint density at radius 1 is 1.26 bits per heavy atom. The van der Waals surface area contributed by atoms with Gasteiger partial charge in [0, 0.05) is 32.4 Å². The van der Waals surface area contributed by atoms with Crippen LogP contribution in [0.1, 0.15) is 36.6 Å². The number of halogens is 3. The second-order valence-electron chi connectivity index (χ2n) is 7.34. The molecule has 0 aromatic carbocycles. The van der Waals surface area contributed by atoms with E-state index in [4.69, 9.17) is 9.15 Å². The fourth-order valence-electron chi connectivity index (χ4n) is 3.52. The average molecular weight is 439 g/mol. The Labute approximate surface area is 179 Å². The molecule has 31 heavy (non-hydrogen) atoms. The number of alkyl halides is 3. The van der Waals surface area contributed by atoms with E-state index in [-0.39, 0.29) is 11.9 Å². The van der Waals surface area contributed by atoms with E-state index in [9.17, 15) is 13.2 Å². The molecule has 1 aliphatic heterocycles. The predicted molar refractivity (Wildman–Crippen MR) is 111 cm³/mol. The fraction of sp³-hybridized carbons (Fsp3) is 0.524. The second kappa shape index (κ2) is 11.0. The number of ether oxygens (including phenoxy) is 1. The highest BCUT2D eigenvalue weighted by molar-refractivity contribution is 5.79. The predicted octanol–water partition coefficient (Wildman–Crippen LogP) is 3.51. The molecule has 0 amide bonds. The van der Waals surface area contributed by atoms with E-state index in [1.807, 2.05) is 12.1 Å². The third-order valence-corrected chi connectivity index (χ3v) is 5.03. The average Bonchev–Trinajstić information content (AvgIpc) is 3.30. The van der Waals surface area contributed by atoms with Crippen molar-refractivity contribution in [1.29, 1.82) is 0 Å². The van der Waals surface area contributed by atoms with Crippen LogP contribution in [-0.4, -0.2) is 55.3 Å². The van der Waals surface area contributed by atoms with Crippen LogP contribution in [0, 0.1) is 0 Å². The molecular weight excluding hydrogens is 411 g/mol. The van der Waals surface area contributed by atoms with Crippen molar-refractivity contribution in [1.82, 2.24) is 20.5 Å². The lowest BCUT2D eigenvalue weighted by Crippen LogP contribution is -2.44. The van der Waals surface area contributed by atoms with E-state index < -0.39 is 12.8 Å². The molecule has 0 aliphatic carbocycles. The molecular formula is C21H28F3N5O2. The Balaban J connectivity index is 1.54. The van der Waals surface area contributed by atoms with Crippen LogP contribution in [0.5, 0.6) is 5.88 Å². The summed E-state index contributed by atoms with van der Waals surface area (Å²) in [6.07, 6.45) is 2.29. The Bertz CT molecular complexity index is 821. The maximum absolute atomic E-state index is 12.3. The van der Waals surface area contributed by atoms with Crippen molar-refractivity contribution < 1.29 is 22.3 Å². The van der Waals surface area contributed by atoms with Gasteiger partial charge in [0.25, 0.3) is 0 Å². The zero-order valence-corrected chi connectivity index (χ0v) is 17.5. The quantitative estimate of drug-likeness (QED) is 0.484. The molecule has 1 unspecified atom stereocenters. The summed E-state index contributed by atoms with van der Waals surface area (Å²) in [4.78, 5) is 10.5. The van der Waals surface area contributed by atoms with Gasteiger partial charge in [0.15, 0.2) is 12.6 Å². The topological polar surface area (TPSA) is 74.9 Å². The normalized spacial score (nSPS) is 16.7. The van der Waals surface area contributed by atoms with E-state index >= 15 is 0 Å². The van der Waals surface area contributed by atoms with Gasteiger partial charge in [0.05, 0.1) is 12.3 Å². The van der Waals surface area contributed by atoms with Gasteiger partial charge >= 0.3 is 6.18 Å². The highest BCUT2D eigenvalue weighted by atomic mass is 19.4. The first-order valence-corrected chi connectivity index (χ1v) is 10.3. The number of piperidine rings is 1. The van der Waals surface area contributed by atoms with Crippen LogP contribution >= 0.6 is 0 Å². The molecule has 0 spiro atoms. The first-order valence-electron chi connectivity index (χ1n) is 10.3. The molecule has 7 nitrogen and oxygen atoms in total. The van der Waals surface area contributed by atoms with E-state index in [0.717, 1.165) is 24.4 Å². The lowest BCUT2D eigenvalue weighted by atomic mass is 10.1. The van der Waals surface area contributed by atoms with Crippen LogP contribution < -0.4 is 15.4 Å². The number of hydrogen-bond acceptors (Lipinski definition) is 5. The summed E-state index contributed by atoms with van der Waals surface area (Å²) in [7, 11) is 1.67. The number of furan rings is 1. The van der Waals surface area contributed by atoms with Crippen LogP contribution in [0.3, 0.4) is 0 Å². The van der Waals surface area contributed by atoms with Crippen molar-refractivity contribution in [3.63, 3.8) is 0 Å². The molecule has 1 saturated heterocycles. The maximum Gasteiger partial charge on any atom is 0.422 e. The number of hydrogen-bond donors (Lipinski definition) is 2. The minimum absolute atomic E-state index is 0.0671. The summed E-state index contributed by atoms with van der Waals surface area (Å²) < 4.78 is 47.4. The summed E-state index contributed by atoms with van der Waals surface area (Å²) in [5.74, 6) is 1.43. The molecule has 1 atom stereocenters. The molecule has 2 N–H and O–H groups in total. The number of pyridine rings is 1. The van der Waals surface area contributed by atoms with Crippen LogP contribution in [0.4, 0.5) is 13.2 Å². The molecule has 10 heteroatoms. The summed E-state index contributed by atoms with van der Waals surface area (Å²) in [5, 5.41) is 6.50. The van der Waals surface area contributed by atoms with Gasteiger partial charge in [-0.15, -0.1) is 0 Å². The number of aromatic nitrogens is 1. The number of likely N-dealkylation sites (tertiary alicyclic amines) is 1. The molecule has 0 radical (unpaired) electrons. The van der Waals surface area contributed by atoms with Gasteiger partial charge in [-0.25, -0.2) is 4.98 Å². The van der Waals surface area contributed by atoms with Crippen molar-refractivity contribution in [3.05, 3.63) is 48.0 Å². The fourth-order valence-corrected chi connectivity index (χ4v) is 3.52. The first-order chi connectivity index (χ1) is 14.9.